The molecule has 7 heteroatoms. The van der Waals surface area contributed by atoms with Gasteiger partial charge < -0.3 is 5.73 Å². The first-order valence-corrected chi connectivity index (χ1v) is 7.15. The number of thiazole rings is 1. The van der Waals surface area contributed by atoms with Crippen molar-refractivity contribution < 1.29 is 0 Å². The van der Waals surface area contributed by atoms with Gasteiger partial charge in [-0.1, -0.05) is 19.1 Å². The van der Waals surface area contributed by atoms with Crippen LogP contribution in [-0.4, -0.2) is 31.7 Å². The van der Waals surface area contributed by atoms with Crippen LogP contribution in [0.15, 0.2) is 36.0 Å². The van der Waals surface area contributed by atoms with E-state index >= 15 is 0 Å². The summed E-state index contributed by atoms with van der Waals surface area (Å²) in [5.41, 5.74) is 8.60. The number of hydrogen-bond acceptors (Lipinski definition) is 6. The van der Waals surface area contributed by atoms with Gasteiger partial charge in [0.25, 0.3) is 0 Å². The SMILES string of the molecule is CC(CN)c1nc(-c2cccc(-n3cnnn3)c2)cs1. The molecular weight excluding hydrogens is 272 g/mol. The van der Waals surface area contributed by atoms with Gasteiger partial charge in [0.05, 0.1) is 16.4 Å². The van der Waals surface area contributed by atoms with E-state index < -0.39 is 0 Å². The average molecular weight is 286 g/mol. The van der Waals surface area contributed by atoms with Crippen LogP contribution < -0.4 is 5.73 Å². The molecule has 1 aromatic carbocycles. The molecule has 0 aliphatic heterocycles. The van der Waals surface area contributed by atoms with E-state index in [-0.39, 0.29) is 5.92 Å². The van der Waals surface area contributed by atoms with E-state index in [9.17, 15) is 0 Å². The molecule has 0 radical (unpaired) electrons. The summed E-state index contributed by atoms with van der Waals surface area (Å²) >= 11 is 1.64. The van der Waals surface area contributed by atoms with E-state index in [1.54, 1.807) is 22.3 Å². The van der Waals surface area contributed by atoms with Crippen LogP contribution in [0.2, 0.25) is 0 Å². The van der Waals surface area contributed by atoms with Crippen molar-refractivity contribution in [2.45, 2.75) is 12.8 Å². The van der Waals surface area contributed by atoms with Crippen molar-refractivity contribution in [2.75, 3.05) is 6.54 Å². The minimum Gasteiger partial charge on any atom is -0.330 e. The van der Waals surface area contributed by atoms with Crippen molar-refractivity contribution in [3.8, 4) is 16.9 Å². The molecule has 2 aromatic heterocycles. The fourth-order valence-corrected chi connectivity index (χ4v) is 2.74. The number of aromatic nitrogens is 5. The van der Waals surface area contributed by atoms with E-state index in [0.29, 0.717) is 6.54 Å². The molecule has 3 aromatic rings. The largest absolute Gasteiger partial charge is 0.330 e. The lowest BCUT2D eigenvalue weighted by Crippen LogP contribution is -2.08. The minimum atomic E-state index is 0.288. The Hall–Kier alpha value is -2.12. The predicted octanol–water partition coefficient (Wildman–Crippen LogP) is 1.85. The molecule has 1 unspecified atom stereocenters. The van der Waals surface area contributed by atoms with Gasteiger partial charge in [0.1, 0.15) is 6.33 Å². The molecule has 0 aliphatic rings. The summed E-state index contributed by atoms with van der Waals surface area (Å²) in [6.45, 7) is 2.69. The normalized spacial score (nSPS) is 12.5. The second-order valence-electron chi connectivity index (χ2n) is 4.51. The first-order valence-electron chi connectivity index (χ1n) is 6.27. The highest BCUT2D eigenvalue weighted by Crippen LogP contribution is 2.27. The lowest BCUT2D eigenvalue weighted by Gasteiger charge is -2.03. The molecule has 2 heterocycles. The Labute approximate surface area is 120 Å². The number of benzene rings is 1. The Bertz CT molecular complexity index is 690. The summed E-state index contributed by atoms with van der Waals surface area (Å²) in [6, 6.07) is 7.97. The quantitative estimate of drug-likeness (QED) is 0.791. The van der Waals surface area contributed by atoms with Crippen molar-refractivity contribution in [1.29, 1.82) is 0 Å². The van der Waals surface area contributed by atoms with Crippen LogP contribution in [0.1, 0.15) is 17.8 Å². The third kappa shape index (κ3) is 2.45. The molecule has 0 aliphatic carbocycles. The Morgan fingerprint density at radius 2 is 2.30 bits per heavy atom. The summed E-state index contributed by atoms with van der Waals surface area (Å²) in [7, 11) is 0. The van der Waals surface area contributed by atoms with Crippen molar-refractivity contribution in [2.24, 2.45) is 5.73 Å². The highest BCUT2D eigenvalue weighted by atomic mass is 32.1. The molecular formula is C13H14N6S. The topological polar surface area (TPSA) is 82.5 Å². The lowest BCUT2D eigenvalue weighted by molar-refractivity contribution is 0.766. The van der Waals surface area contributed by atoms with Gasteiger partial charge in [0.15, 0.2) is 0 Å². The van der Waals surface area contributed by atoms with E-state index in [0.717, 1.165) is 22.0 Å². The minimum absolute atomic E-state index is 0.288. The van der Waals surface area contributed by atoms with E-state index in [2.05, 4.69) is 32.8 Å². The second-order valence-corrected chi connectivity index (χ2v) is 5.40. The first-order chi connectivity index (χ1) is 9.78. The smallest absolute Gasteiger partial charge is 0.143 e. The molecule has 0 saturated heterocycles. The molecule has 0 fully saturated rings. The zero-order valence-electron chi connectivity index (χ0n) is 11.0. The van der Waals surface area contributed by atoms with Gasteiger partial charge in [-0.3, -0.25) is 0 Å². The van der Waals surface area contributed by atoms with E-state index in [1.165, 1.54) is 0 Å². The summed E-state index contributed by atoms with van der Waals surface area (Å²) in [4.78, 5) is 4.65. The second kappa shape index (κ2) is 5.48. The molecule has 6 nitrogen and oxygen atoms in total. The van der Waals surface area contributed by atoms with Crippen LogP contribution in [0.4, 0.5) is 0 Å². The van der Waals surface area contributed by atoms with Gasteiger partial charge >= 0.3 is 0 Å². The maximum atomic E-state index is 5.68. The summed E-state index contributed by atoms with van der Waals surface area (Å²) in [5.74, 6) is 0.288. The Kier molecular flexibility index (Phi) is 3.53. The molecule has 3 rings (SSSR count). The molecule has 2 N–H and O–H groups in total. The maximum absolute atomic E-state index is 5.68. The van der Waals surface area contributed by atoms with Crippen LogP contribution in [0.25, 0.3) is 16.9 Å². The van der Waals surface area contributed by atoms with Crippen LogP contribution in [-0.2, 0) is 0 Å². The van der Waals surface area contributed by atoms with E-state index in [4.69, 9.17) is 5.73 Å². The van der Waals surface area contributed by atoms with Crippen molar-refractivity contribution in [1.82, 2.24) is 25.2 Å². The van der Waals surface area contributed by atoms with Gasteiger partial charge in [0, 0.05) is 23.4 Å². The molecule has 1 atom stereocenters. The molecule has 0 spiro atoms. The lowest BCUT2D eigenvalue weighted by atomic mass is 10.1. The molecule has 20 heavy (non-hydrogen) atoms. The van der Waals surface area contributed by atoms with Crippen LogP contribution in [0, 0.1) is 0 Å². The molecule has 102 valence electrons. The van der Waals surface area contributed by atoms with Gasteiger partial charge in [-0.05, 0) is 22.6 Å². The number of nitrogens with zero attached hydrogens (tertiary/aromatic N) is 5. The molecule has 0 bridgehead atoms. The number of rotatable bonds is 4. The van der Waals surface area contributed by atoms with Crippen LogP contribution in [0.5, 0.6) is 0 Å². The number of nitrogens with two attached hydrogens (primary N) is 1. The predicted molar refractivity (Wildman–Crippen MR) is 77.7 cm³/mol. The Balaban J connectivity index is 1.94. The van der Waals surface area contributed by atoms with E-state index in [1.807, 2.05) is 24.3 Å². The van der Waals surface area contributed by atoms with Gasteiger partial charge in [-0.2, -0.15) is 0 Å². The van der Waals surface area contributed by atoms with Gasteiger partial charge in [-0.25, -0.2) is 9.67 Å². The van der Waals surface area contributed by atoms with Crippen LogP contribution in [0.3, 0.4) is 0 Å². The molecule has 0 amide bonds. The number of hydrogen-bond donors (Lipinski definition) is 1. The van der Waals surface area contributed by atoms with Gasteiger partial charge in [0.2, 0.25) is 0 Å². The Morgan fingerprint density at radius 1 is 1.40 bits per heavy atom. The van der Waals surface area contributed by atoms with Crippen molar-refractivity contribution in [3.05, 3.63) is 41.0 Å². The summed E-state index contributed by atoms with van der Waals surface area (Å²) < 4.78 is 1.62. The van der Waals surface area contributed by atoms with Crippen molar-refractivity contribution >= 4 is 11.3 Å². The average Bonchev–Trinajstić information content (AvgIpc) is 3.18. The third-order valence-corrected chi connectivity index (χ3v) is 4.13. The standard InChI is InChI=1S/C13H14N6S/c1-9(6-14)13-16-12(7-20-13)10-3-2-4-11(5-10)19-8-15-17-18-19/h2-5,7-9H,6,14H2,1H3. The summed E-state index contributed by atoms with van der Waals surface area (Å²) in [6.07, 6.45) is 1.57. The van der Waals surface area contributed by atoms with Gasteiger partial charge in [-0.15, -0.1) is 16.4 Å². The zero-order valence-corrected chi connectivity index (χ0v) is 11.8. The fraction of sp³-hybridized carbons (Fsp3) is 0.231. The maximum Gasteiger partial charge on any atom is 0.143 e. The summed E-state index contributed by atoms with van der Waals surface area (Å²) in [5, 5.41) is 14.3. The molecule has 0 saturated carbocycles. The van der Waals surface area contributed by atoms with Crippen LogP contribution >= 0.6 is 11.3 Å². The highest BCUT2D eigenvalue weighted by Gasteiger charge is 2.10. The number of tetrazole rings is 1. The zero-order chi connectivity index (χ0) is 13.9. The fourth-order valence-electron chi connectivity index (χ4n) is 1.83. The monoisotopic (exact) mass is 286 g/mol. The van der Waals surface area contributed by atoms with Crippen molar-refractivity contribution in [3.63, 3.8) is 0 Å². The Morgan fingerprint density at radius 3 is 3.05 bits per heavy atom. The highest BCUT2D eigenvalue weighted by molar-refractivity contribution is 7.10. The first kappa shape index (κ1) is 12.9. The third-order valence-electron chi connectivity index (χ3n) is 3.05.